The van der Waals surface area contributed by atoms with E-state index in [2.05, 4.69) is 23.8 Å². The molecule has 0 saturated carbocycles. The van der Waals surface area contributed by atoms with Crippen molar-refractivity contribution in [1.82, 2.24) is 10.6 Å². The van der Waals surface area contributed by atoms with Crippen LogP contribution < -0.4 is 10.6 Å². The minimum Gasteiger partial charge on any atom is -0.379 e. The van der Waals surface area contributed by atoms with Crippen molar-refractivity contribution in [1.29, 1.82) is 0 Å². The molecule has 0 aromatic heterocycles. The molecule has 6 nitrogen and oxygen atoms in total. The highest BCUT2D eigenvalue weighted by molar-refractivity contribution is 5.72. The summed E-state index contributed by atoms with van der Waals surface area (Å²) in [5, 5.41) is 5.36. The topological polar surface area (TPSA) is 76.7 Å². The largest absolute Gasteiger partial charge is 0.379 e. The monoisotopic (exact) mass is 372 g/mol. The predicted molar refractivity (Wildman–Crippen MR) is 109 cm³/mol. The lowest BCUT2D eigenvalue weighted by atomic mass is 10.2. The van der Waals surface area contributed by atoms with Crippen LogP contribution in [-0.2, 0) is 19.1 Å². The third-order valence-corrected chi connectivity index (χ3v) is 2.43. The van der Waals surface area contributed by atoms with Gasteiger partial charge < -0.3 is 20.1 Å². The van der Waals surface area contributed by atoms with Crippen LogP contribution >= 0.6 is 0 Å². The van der Waals surface area contributed by atoms with E-state index in [1.807, 2.05) is 34.6 Å². The lowest BCUT2D eigenvalue weighted by molar-refractivity contribution is -0.119. The summed E-state index contributed by atoms with van der Waals surface area (Å²) in [5.74, 6) is 0.566. The number of nitrogens with one attached hydrogen (secondary N) is 2. The number of amides is 2. The molecule has 2 atom stereocenters. The van der Waals surface area contributed by atoms with Crippen LogP contribution in [0.2, 0.25) is 0 Å². The zero-order valence-corrected chi connectivity index (χ0v) is 17.6. The molecule has 0 spiro atoms. The maximum Gasteiger partial charge on any atom is 0.216 e. The molecule has 0 aliphatic carbocycles. The number of rotatable bonds is 12. The van der Waals surface area contributed by atoms with Gasteiger partial charge in [-0.15, -0.1) is 13.2 Å². The maximum atomic E-state index is 10.7. The molecule has 6 heteroatoms. The number of hydrogen-bond acceptors (Lipinski definition) is 4. The van der Waals surface area contributed by atoms with Crippen molar-refractivity contribution in [3.05, 3.63) is 24.8 Å². The molecule has 0 aliphatic rings. The summed E-state index contributed by atoms with van der Waals surface area (Å²) in [5.41, 5.74) is 1.17. The summed E-state index contributed by atoms with van der Waals surface area (Å²) in [6, 6.07) is 0. The minimum absolute atomic E-state index is 0.0203. The molecule has 0 aromatic carbocycles. The van der Waals surface area contributed by atoms with Gasteiger partial charge in [-0.05, 0) is 32.6 Å². The van der Waals surface area contributed by atoms with Crippen LogP contribution in [0.15, 0.2) is 24.8 Å². The third-order valence-electron chi connectivity index (χ3n) is 2.43. The zero-order valence-electron chi connectivity index (χ0n) is 17.6. The second-order valence-corrected chi connectivity index (χ2v) is 6.44. The van der Waals surface area contributed by atoms with Gasteiger partial charge in [0.25, 0.3) is 0 Å². The first-order valence-electron chi connectivity index (χ1n) is 8.97. The van der Waals surface area contributed by atoms with Crippen LogP contribution in [-0.4, -0.2) is 51.8 Å². The Morgan fingerprint density at radius 2 is 1.42 bits per heavy atom. The summed E-state index contributed by atoms with van der Waals surface area (Å²) in [4.78, 5) is 20.8. The first kappa shape index (κ1) is 29.1. The Kier molecular flexibility index (Phi) is 26.1. The van der Waals surface area contributed by atoms with Gasteiger partial charge >= 0.3 is 0 Å². The summed E-state index contributed by atoms with van der Waals surface area (Å²) in [7, 11) is 0. The van der Waals surface area contributed by atoms with Gasteiger partial charge in [0.05, 0.1) is 26.4 Å². The SMILES string of the molecule is C=C(C)C.C=CC.CC(=O)NCC(C)COCCOCC(C)CNC=O. The number of hydrogen-bond donors (Lipinski definition) is 2. The Labute approximate surface area is 160 Å². The molecular weight excluding hydrogens is 332 g/mol. The Morgan fingerprint density at radius 1 is 1.04 bits per heavy atom. The Morgan fingerprint density at radius 3 is 1.77 bits per heavy atom. The van der Waals surface area contributed by atoms with Gasteiger partial charge in [0.15, 0.2) is 0 Å². The average Bonchev–Trinajstić information content (AvgIpc) is 2.54. The second kappa shape index (κ2) is 23.3. The fraction of sp³-hybridized carbons (Fsp3) is 0.700. The van der Waals surface area contributed by atoms with Crippen molar-refractivity contribution in [2.75, 3.05) is 39.5 Å². The molecule has 0 heterocycles. The molecule has 0 bridgehead atoms. The van der Waals surface area contributed by atoms with E-state index in [-0.39, 0.29) is 5.91 Å². The minimum atomic E-state index is -0.0203. The summed E-state index contributed by atoms with van der Waals surface area (Å²) < 4.78 is 10.9. The van der Waals surface area contributed by atoms with Crippen LogP contribution in [0.1, 0.15) is 41.5 Å². The molecule has 154 valence electrons. The van der Waals surface area contributed by atoms with Crippen LogP contribution in [0.3, 0.4) is 0 Å². The Hall–Kier alpha value is -1.66. The molecule has 0 aromatic rings. The van der Waals surface area contributed by atoms with Crippen molar-refractivity contribution in [2.24, 2.45) is 11.8 Å². The summed E-state index contributed by atoms with van der Waals surface area (Å²) >= 11 is 0. The molecule has 2 amide bonds. The first-order valence-corrected chi connectivity index (χ1v) is 8.97. The quantitative estimate of drug-likeness (QED) is 0.314. The normalized spacial score (nSPS) is 11.5. The van der Waals surface area contributed by atoms with Gasteiger partial charge in [-0.25, -0.2) is 0 Å². The molecule has 0 aliphatic heterocycles. The van der Waals surface area contributed by atoms with Gasteiger partial charge in [-0.3, -0.25) is 9.59 Å². The molecule has 0 radical (unpaired) electrons. The fourth-order valence-electron chi connectivity index (χ4n) is 1.37. The number of carbonyl (C=O) groups is 2. The highest BCUT2D eigenvalue weighted by Crippen LogP contribution is 1.96. The van der Waals surface area contributed by atoms with Crippen molar-refractivity contribution in [3.63, 3.8) is 0 Å². The summed E-state index contributed by atoms with van der Waals surface area (Å²) in [6.45, 7) is 21.8. The van der Waals surface area contributed by atoms with Gasteiger partial charge in [0.1, 0.15) is 0 Å². The highest BCUT2D eigenvalue weighted by Gasteiger charge is 2.04. The van der Waals surface area contributed by atoms with Gasteiger partial charge in [-0.2, -0.15) is 0 Å². The number of carbonyl (C=O) groups excluding carboxylic acids is 2. The molecule has 0 fully saturated rings. The van der Waals surface area contributed by atoms with Crippen molar-refractivity contribution < 1.29 is 19.1 Å². The van der Waals surface area contributed by atoms with E-state index in [0.717, 1.165) is 0 Å². The van der Waals surface area contributed by atoms with Crippen LogP contribution in [0.25, 0.3) is 0 Å². The molecule has 2 unspecified atom stereocenters. The van der Waals surface area contributed by atoms with E-state index in [1.165, 1.54) is 12.5 Å². The Bertz CT molecular complexity index is 356. The first-order chi connectivity index (χ1) is 12.2. The smallest absolute Gasteiger partial charge is 0.216 e. The summed E-state index contributed by atoms with van der Waals surface area (Å²) in [6.07, 6.45) is 2.44. The van der Waals surface area contributed by atoms with Crippen molar-refractivity contribution in [2.45, 2.75) is 41.5 Å². The molecule has 0 saturated heterocycles. The second-order valence-electron chi connectivity index (χ2n) is 6.44. The van der Waals surface area contributed by atoms with E-state index in [1.54, 1.807) is 6.08 Å². The molecule has 26 heavy (non-hydrogen) atoms. The lowest BCUT2D eigenvalue weighted by Gasteiger charge is -2.13. The van der Waals surface area contributed by atoms with E-state index in [4.69, 9.17) is 9.47 Å². The van der Waals surface area contributed by atoms with Gasteiger partial charge in [-0.1, -0.05) is 25.5 Å². The lowest BCUT2D eigenvalue weighted by Crippen LogP contribution is -2.28. The molecular formula is C20H40N2O4. The number of allylic oxidation sites excluding steroid dienone is 2. The van der Waals surface area contributed by atoms with E-state index >= 15 is 0 Å². The van der Waals surface area contributed by atoms with E-state index in [0.29, 0.717) is 57.8 Å². The van der Waals surface area contributed by atoms with E-state index < -0.39 is 0 Å². The highest BCUT2D eigenvalue weighted by atomic mass is 16.5. The van der Waals surface area contributed by atoms with Gasteiger partial charge in [0, 0.05) is 20.0 Å². The van der Waals surface area contributed by atoms with Gasteiger partial charge in [0.2, 0.25) is 12.3 Å². The van der Waals surface area contributed by atoms with Crippen LogP contribution in [0, 0.1) is 11.8 Å². The van der Waals surface area contributed by atoms with Crippen LogP contribution in [0.5, 0.6) is 0 Å². The molecule has 0 rings (SSSR count). The van der Waals surface area contributed by atoms with Crippen molar-refractivity contribution >= 4 is 12.3 Å². The third kappa shape index (κ3) is 38.1. The Balaban J connectivity index is -0.000000643. The zero-order chi connectivity index (χ0) is 20.8. The standard InChI is InChI=1S/C13H26N2O4.C4H8.C3H6/c1-11(6-14-10-16)8-18-4-5-19-9-12(2)7-15-13(3)17;1-4(2)3;1-3-2/h10-12H,4-9H2,1-3H3,(H,14,16)(H,15,17);1H2,2-3H3;3H,1H2,2H3. The van der Waals surface area contributed by atoms with Crippen LogP contribution in [0.4, 0.5) is 0 Å². The number of ether oxygens (including phenoxy) is 2. The maximum absolute atomic E-state index is 10.7. The van der Waals surface area contributed by atoms with Crippen molar-refractivity contribution in [3.8, 4) is 0 Å². The fourth-order valence-corrected chi connectivity index (χ4v) is 1.37. The molecule has 2 N–H and O–H groups in total. The predicted octanol–water partition coefficient (Wildman–Crippen LogP) is 2.95. The average molecular weight is 373 g/mol. The van der Waals surface area contributed by atoms with E-state index in [9.17, 15) is 9.59 Å².